The number of ether oxygens (including phenoxy) is 1. The Balaban J connectivity index is 1.44. The monoisotopic (exact) mass is 528 g/mol. The highest BCUT2D eigenvalue weighted by Gasteiger charge is 2.13. The van der Waals surface area contributed by atoms with Crippen LogP contribution >= 0.6 is 27.3 Å². The maximum absolute atomic E-state index is 5.87. The van der Waals surface area contributed by atoms with Crippen molar-refractivity contribution in [1.82, 2.24) is 4.98 Å². The van der Waals surface area contributed by atoms with Crippen molar-refractivity contribution in [1.29, 1.82) is 0 Å². The molecule has 5 heteroatoms. The predicted molar refractivity (Wildman–Crippen MR) is 148 cm³/mol. The third-order valence-corrected chi connectivity index (χ3v) is 7.19. The third-order valence-electron chi connectivity index (χ3n) is 5.60. The van der Waals surface area contributed by atoms with E-state index in [0.29, 0.717) is 0 Å². The number of unbranched alkanes of at least 4 members (excludes halogenated alkanes) is 1. The molecule has 0 amide bonds. The molecule has 0 radical (unpaired) electrons. The fourth-order valence-corrected chi connectivity index (χ4v) is 5.08. The number of aromatic nitrogens is 1. The average Bonchev–Trinajstić information content (AvgIpc) is 3.30. The number of hydrogen-bond acceptors (Lipinski definition) is 4. The lowest BCUT2D eigenvalue weighted by atomic mass is 10.1. The molecule has 0 saturated carbocycles. The largest absolute Gasteiger partial charge is 0.494 e. The molecule has 0 fully saturated rings. The van der Waals surface area contributed by atoms with Crippen LogP contribution < -0.4 is 9.64 Å². The summed E-state index contributed by atoms with van der Waals surface area (Å²) in [6, 6.07) is 33.6. The van der Waals surface area contributed by atoms with Gasteiger partial charge in [-0.05, 0) is 85.3 Å². The SMILES string of the molecule is CCCCOc1ccc2nc(-c3ccc(N(c4ccccc4)c4ccc(Br)cc4)cc3)sc2c1. The first-order chi connectivity index (χ1) is 16.7. The highest BCUT2D eigenvalue weighted by atomic mass is 79.9. The van der Waals surface area contributed by atoms with Crippen molar-refractivity contribution in [3.8, 4) is 16.3 Å². The minimum Gasteiger partial charge on any atom is -0.494 e. The van der Waals surface area contributed by atoms with Crippen LogP contribution in [0.2, 0.25) is 0 Å². The quantitative estimate of drug-likeness (QED) is 0.187. The van der Waals surface area contributed by atoms with Crippen molar-refractivity contribution in [3.63, 3.8) is 0 Å². The lowest BCUT2D eigenvalue weighted by Crippen LogP contribution is -2.09. The van der Waals surface area contributed by atoms with Gasteiger partial charge in [0.25, 0.3) is 0 Å². The van der Waals surface area contributed by atoms with E-state index >= 15 is 0 Å². The van der Waals surface area contributed by atoms with Crippen molar-refractivity contribution < 1.29 is 4.74 Å². The van der Waals surface area contributed by atoms with Gasteiger partial charge in [0, 0.05) is 27.1 Å². The molecule has 3 nitrogen and oxygen atoms in total. The molecule has 0 saturated heterocycles. The Morgan fingerprint density at radius 1 is 0.824 bits per heavy atom. The summed E-state index contributed by atoms with van der Waals surface area (Å²) in [7, 11) is 0. The number of benzene rings is 4. The highest BCUT2D eigenvalue weighted by molar-refractivity contribution is 9.10. The van der Waals surface area contributed by atoms with Crippen molar-refractivity contribution in [2.24, 2.45) is 0 Å². The van der Waals surface area contributed by atoms with E-state index in [9.17, 15) is 0 Å². The van der Waals surface area contributed by atoms with Gasteiger partial charge in [-0.3, -0.25) is 0 Å². The van der Waals surface area contributed by atoms with E-state index in [2.05, 4.69) is 113 Å². The van der Waals surface area contributed by atoms with E-state index < -0.39 is 0 Å². The molecule has 0 unspecified atom stereocenters. The molecule has 0 aliphatic heterocycles. The molecule has 1 aromatic heterocycles. The van der Waals surface area contributed by atoms with E-state index in [1.807, 2.05) is 12.1 Å². The van der Waals surface area contributed by atoms with Crippen LogP contribution in [0.15, 0.2) is 102 Å². The second-order valence-corrected chi connectivity index (χ2v) is 9.99. The molecule has 1 heterocycles. The molecule has 4 aromatic carbocycles. The van der Waals surface area contributed by atoms with Gasteiger partial charge in [0.05, 0.1) is 16.8 Å². The first-order valence-electron chi connectivity index (χ1n) is 11.5. The molecular formula is C29H25BrN2OS. The second kappa shape index (κ2) is 10.4. The van der Waals surface area contributed by atoms with Gasteiger partial charge in [-0.25, -0.2) is 4.98 Å². The van der Waals surface area contributed by atoms with Crippen molar-refractivity contribution in [3.05, 3.63) is 102 Å². The maximum Gasteiger partial charge on any atom is 0.124 e. The first kappa shape index (κ1) is 22.6. The number of thiazole rings is 1. The number of nitrogens with zero attached hydrogens (tertiary/aromatic N) is 2. The number of halogens is 1. The predicted octanol–water partition coefficient (Wildman–Crippen LogP) is 9.37. The van der Waals surface area contributed by atoms with E-state index in [0.717, 1.165) is 67.5 Å². The fraction of sp³-hybridized carbons (Fsp3) is 0.138. The summed E-state index contributed by atoms with van der Waals surface area (Å²) < 4.78 is 8.08. The van der Waals surface area contributed by atoms with E-state index in [1.165, 1.54) is 0 Å². The zero-order chi connectivity index (χ0) is 23.3. The summed E-state index contributed by atoms with van der Waals surface area (Å²) in [4.78, 5) is 7.12. The van der Waals surface area contributed by atoms with Gasteiger partial charge in [0.15, 0.2) is 0 Å². The Hall–Kier alpha value is -3.15. The zero-order valence-electron chi connectivity index (χ0n) is 18.9. The topological polar surface area (TPSA) is 25.4 Å². The summed E-state index contributed by atoms with van der Waals surface area (Å²) in [6.45, 7) is 2.93. The zero-order valence-corrected chi connectivity index (χ0v) is 21.4. The van der Waals surface area contributed by atoms with E-state index in [1.54, 1.807) is 11.3 Å². The van der Waals surface area contributed by atoms with Crippen LogP contribution in [0, 0.1) is 0 Å². The summed E-state index contributed by atoms with van der Waals surface area (Å²) in [6.07, 6.45) is 2.20. The van der Waals surface area contributed by atoms with E-state index in [4.69, 9.17) is 9.72 Å². The smallest absolute Gasteiger partial charge is 0.124 e. The van der Waals surface area contributed by atoms with E-state index in [-0.39, 0.29) is 0 Å². The number of rotatable bonds is 8. The van der Waals surface area contributed by atoms with Crippen LogP contribution in [0.3, 0.4) is 0 Å². The van der Waals surface area contributed by atoms with Gasteiger partial charge in [-0.2, -0.15) is 0 Å². The Kier molecular flexibility index (Phi) is 6.93. The third kappa shape index (κ3) is 5.01. The fourth-order valence-electron chi connectivity index (χ4n) is 3.82. The average molecular weight is 530 g/mol. The molecule has 0 bridgehead atoms. The number of para-hydroxylation sites is 1. The van der Waals surface area contributed by atoms with Crippen LogP contribution in [-0.4, -0.2) is 11.6 Å². The molecule has 0 atom stereocenters. The number of hydrogen-bond donors (Lipinski definition) is 0. The summed E-state index contributed by atoms with van der Waals surface area (Å²) in [5, 5.41) is 1.02. The molecule has 0 N–H and O–H groups in total. The van der Waals surface area contributed by atoms with Crippen LogP contribution in [-0.2, 0) is 0 Å². The summed E-state index contributed by atoms with van der Waals surface area (Å²) in [5.74, 6) is 0.916. The lowest BCUT2D eigenvalue weighted by molar-refractivity contribution is 0.310. The molecule has 0 aliphatic carbocycles. The summed E-state index contributed by atoms with van der Waals surface area (Å²) >= 11 is 5.25. The minimum absolute atomic E-state index is 0.755. The van der Waals surface area contributed by atoms with Gasteiger partial charge < -0.3 is 9.64 Å². The number of anilines is 3. The Morgan fingerprint density at radius 2 is 1.50 bits per heavy atom. The molecule has 34 heavy (non-hydrogen) atoms. The van der Waals surface area contributed by atoms with Crippen LogP contribution in [0.5, 0.6) is 5.75 Å². The summed E-state index contributed by atoms with van der Waals surface area (Å²) in [5.41, 5.74) is 5.45. The van der Waals surface area contributed by atoms with Gasteiger partial charge in [-0.1, -0.05) is 47.5 Å². The molecule has 5 rings (SSSR count). The molecule has 0 aliphatic rings. The van der Waals surface area contributed by atoms with Gasteiger partial charge in [0.2, 0.25) is 0 Å². The molecular weight excluding hydrogens is 504 g/mol. The maximum atomic E-state index is 5.87. The molecule has 170 valence electrons. The van der Waals surface area contributed by atoms with Crippen molar-refractivity contribution in [2.45, 2.75) is 19.8 Å². The standard InChI is InChI=1S/C29H25BrN2OS/c1-2-3-19-33-26-17-18-27-28(20-26)34-29(31-27)21-9-13-24(14-10-21)32(23-7-5-4-6-8-23)25-15-11-22(30)12-16-25/h4-18,20H,2-3,19H2,1H3. The minimum atomic E-state index is 0.755. The lowest BCUT2D eigenvalue weighted by Gasteiger charge is -2.25. The Labute approximate surface area is 212 Å². The normalized spacial score (nSPS) is 11.0. The van der Waals surface area contributed by atoms with Crippen molar-refractivity contribution >= 4 is 54.5 Å². The number of fused-ring (bicyclic) bond motifs is 1. The molecule has 0 spiro atoms. The van der Waals surface area contributed by atoms with Crippen LogP contribution in [0.4, 0.5) is 17.1 Å². The van der Waals surface area contributed by atoms with Crippen LogP contribution in [0.25, 0.3) is 20.8 Å². The van der Waals surface area contributed by atoms with Crippen molar-refractivity contribution in [2.75, 3.05) is 11.5 Å². The van der Waals surface area contributed by atoms with Crippen LogP contribution in [0.1, 0.15) is 19.8 Å². The highest BCUT2D eigenvalue weighted by Crippen LogP contribution is 2.37. The van der Waals surface area contributed by atoms with Gasteiger partial charge >= 0.3 is 0 Å². The van der Waals surface area contributed by atoms with Gasteiger partial charge in [-0.15, -0.1) is 11.3 Å². The Bertz CT molecular complexity index is 1370. The van der Waals surface area contributed by atoms with Gasteiger partial charge in [0.1, 0.15) is 10.8 Å². The Morgan fingerprint density at radius 3 is 2.21 bits per heavy atom. The second-order valence-electron chi connectivity index (χ2n) is 8.04. The first-order valence-corrected chi connectivity index (χ1v) is 13.1. The molecule has 5 aromatic rings.